The molecule has 0 radical (unpaired) electrons. The zero-order chi connectivity index (χ0) is 28.2. The van der Waals surface area contributed by atoms with E-state index in [1.165, 1.54) is 154 Å². The SMILES string of the molecule is CCCCCCCCP(CCCCCCCC)CC([O-])([O-])P(CCCCCCCC)CCCCCCCC. The summed E-state index contributed by atoms with van der Waals surface area (Å²) in [6, 6.07) is 0. The quantitative estimate of drug-likeness (QED) is 0.0471. The second kappa shape index (κ2) is 29.3. The molecule has 0 N–H and O–H groups in total. The monoisotopic (exact) mass is 572 g/mol. The van der Waals surface area contributed by atoms with Gasteiger partial charge in [0.1, 0.15) is 0 Å². The molecule has 4 heteroatoms. The van der Waals surface area contributed by atoms with Crippen LogP contribution in [0.2, 0.25) is 0 Å². The third-order valence-electron chi connectivity index (χ3n) is 8.12. The first kappa shape index (κ1) is 38.8. The molecule has 0 aliphatic rings. The highest BCUT2D eigenvalue weighted by Crippen LogP contribution is 2.52. The van der Waals surface area contributed by atoms with Gasteiger partial charge in [-0.15, -0.1) is 15.8 Å². The van der Waals surface area contributed by atoms with Crippen molar-refractivity contribution in [3.63, 3.8) is 0 Å². The third kappa shape index (κ3) is 24.6. The van der Waals surface area contributed by atoms with Gasteiger partial charge in [0.05, 0.1) is 0 Å². The Bertz CT molecular complexity index is 426. The Morgan fingerprint density at radius 1 is 0.368 bits per heavy atom. The molecule has 2 nitrogen and oxygen atoms in total. The predicted molar refractivity (Wildman–Crippen MR) is 174 cm³/mol. The van der Waals surface area contributed by atoms with Crippen molar-refractivity contribution in [1.29, 1.82) is 0 Å². The molecule has 38 heavy (non-hydrogen) atoms. The molecule has 0 aromatic heterocycles. The molecule has 0 fully saturated rings. The van der Waals surface area contributed by atoms with E-state index in [-0.39, 0.29) is 0 Å². The molecule has 0 rings (SSSR count). The maximum absolute atomic E-state index is 13.8. The second-order valence-corrected chi connectivity index (χ2v) is 17.3. The molecule has 0 aromatic carbocycles. The van der Waals surface area contributed by atoms with Crippen molar-refractivity contribution in [2.24, 2.45) is 0 Å². The average Bonchev–Trinajstić information content (AvgIpc) is 2.90. The zero-order valence-electron chi connectivity index (χ0n) is 26.7. The fourth-order valence-corrected chi connectivity index (χ4v) is 11.5. The van der Waals surface area contributed by atoms with Gasteiger partial charge in [-0.05, 0) is 50.3 Å². The first-order chi connectivity index (χ1) is 18.5. The summed E-state index contributed by atoms with van der Waals surface area (Å²) in [5, 5.41) is 27.6. The van der Waals surface area contributed by atoms with Crippen LogP contribution in [0.5, 0.6) is 0 Å². The highest BCUT2D eigenvalue weighted by atomic mass is 31.1. The maximum atomic E-state index is 13.8. The molecule has 0 atom stereocenters. The molecule has 0 aromatic rings. The normalized spacial score (nSPS) is 12.3. The fraction of sp³-hybridized carbons (Fsp3) is 1.00. The second-order valence-electron chi connectivity index (χ2n) is 12.0. The molecule has 0 heterocycles. The summed E-state index contributed by atoms with van der Waals surface area (Å²) in [6.07, 6.45) is 35.5. The largest absolute Gasteiger partial charge is 0.859 e. The topological polar surface area (TPSA) is 46.1 Å². The van der Waals surface area contributed by atoms with E-state index in [9.17, 15) is 10.2 Å². The van der Waals surface area contributed by atoms with Gasteiger partial charge in [-0.1, -0.05) is 162 Å². The van der Waals surface area contributed by atoms with Gasteiger partial charge in [0, 0.05) is 0 Å². The van der Waals surface area contributed by atoms with Gasteiger partial charge in [0.2, 0.25) is 0 Å². The summed E-state index contributed by atoms with van der Waals surface area (Å²) >= 11 is 0. The summed E-state index contributed by atoms with van der Waals surface area (Å²) in [5.41, 5.74) is -1.89. The van der Waals surface area contributed by atoms with Crippen LogP contribution < -0.4 is 10.2 Å². The lowest BCUT2D eigenvalue weighted by molar-refractivity contribution is -0.675. The van der Waals surface area contributed by atoms with Crippen LogP contribution in [0, 0.1) is 0 Å². The molecular formula is C34H70O2P2-2. The number of hydrogen-bond donors (Lipinski definition) is 0. The summed E-state index contributed by atoms with van der Waals surface area (Å²) in [6.45, 7) is 9.07. The Labute approximate surface area is 243 Å². The van der Waals surface area contributed by atoms with Gasteiger partial charge in [-0.3, -0.25) is 0 Å². The average molecular weight is 573 g/mol. The lowest BCUT2D eigenvalue weighted by Gasteiger charge is -2.57. The lowest BCUT2D eigenvalue weighted by atomic mass is 10.1. The Morgan fingerprint density at radius 3 is 0.947 bits per heavy atom. The van der Waals surface area contributed by atoms with Crippen LogP contribution in [-0.2, 0) is 0 Å². The minimum Gasteiger partial charge on any atom is -0.859 e. The fourth-order valence-electron chi connectivity index (χ4n) is 5.50. The van der Waals surface area contributed by atoms with Crippen LogP contribution in [0.25, 0.3) is 0 Å². The first-order valence-electron chi connectivity index (χ1n) is 17.4. The van der Waals surface area contributed by atoms with Crippen molar-refractivity contribution in [2.45, 2.75) is 187 Å². The Hall–Kier alpha value is 0.780. The van der Waals surface area contributed by atoms with Crippen molar-refractivity contribution in [3.8, 4) is 0 Å². The summed E-state index contributed by atoms with van der Waals surface area (Å²) in [4.78, 5) is 0. The number of unbranched alkanes of at least 4 members (excludes halogenated alkanes) is 20. The van der Waals surface area contributed by atoms with Crippen molar-refractivity contribution < 1.29 is 10.2 Å². The molecule has 0 aliphatic heterocycles. The third-order valence-corrected chi connectivity index (χ3v) is 14.0. The minimum atomic E-state index is -1.89. The van der Waals surface area contributed by atoms with Crippen LogP contribution >= 0.6 is 15.8 Å². The zero-order valence-corrected chi connectivity index (χ0v) is 28.5. The van der Waals surface area contributed by atoms with Gasteiger partial charge in [-0.2, -0.15) is 5.53 Å². The molecule has 0 spiro atoms. The summed E-state index contributed by atoms with van der Waals surface area (Å²) in [7, 11) is -1.33. The van der Waals surface area contributed by atoms with Crippen molar-refractivity contribution in [1.82, 2.24) is 0 Å². The molecule has 0 aliphatic carbocycles. The van der Waals surface area contributed by atoms with Crippen LogP contribution in [0.4, 0.5) is 0 Å². The van der Waals surface area contributed by atoms with E-state index in [0.717, 1.165) is 25.2 Å². The van der Waals surface area contributed by atoms with Crippen molar-refractivity contribution >= 4 is 15.8 Å². The van der Waals surface area contributed by atoms with Crippen LogP contribution in [0.1, 0.15) is 182 Å². The van der Waals surface area contributed by atoms with Gasteiger partial charge < -0.3 is 10.2 Å². The van der Waals surface area contributed by atoms with E-state index in [4.69, 9.17) is 0 Å². The highest BCUT2D eigenvalue weighted by molar-refractivity contribution is 7.62. The summed E-state index contributed by atoms with van der Waals surface area (Å²) in [5.74, 6) is 0. The molecule has 230 valence electrons. The van der Waals surface area contributed by atoms with Gasteiger partial charge in [0.15, 0.2) is 0 Å². The van der Waals surface area contributed by atoms with E-state index in [1.807, 2.05) is 0 Å². The predicted octanol–water partition coefficient (Wildman–Crippen LogP) is 10.8. The van der Waals surface area contributed by atoms with Crippen LogP contribution in [0.3, 0.4) is 0 Å². The van der Waals surface area contributed by atoms with Crippen molar-refractivity contribution in [3.05, 3.63) is 0 Å². The number of hydrogen-bond acceptors (Lipinski definition) is 2. The molecule has 0 saturated carbocycles. The highest BCUT2D eigenvalue weighted by Gasteiger charge is 2.20. The van der Waals surface area contributed by atoms with E-state index in [0.29, 0.717) is 6.16 Å². The van der Waals surface area contributed by atoms with Crippen molar-refractivity contribution in [2.75, 3.05) is 30.8 Å². The standard InChI is InChI=1S/C34H70O2P2/c1-5-9-13-17-21-25-29-37(30-26-22-18-14-10-6-2)33-34(35,36)38(31-27-23-19-15-11-7-3)32-28-24-20-16-12-8-4/h5-33H2,1-4H3/q-2. The van der Waals surface area contributed by atoms with Gasteiger partial charge in [0.25, 0.3) is 0 Å². The lowest BCUT2D eigenvalue weighted by Crippen LogP contribution is -2.57. The molecular weight excluding hydrogens is 502 g/mol. The minimum absolute atomic E-state index is 0.392. The molecule has 0 saturated heterocycles. The van der Waals surface area contributed by atoms with Gasteiger partial charge in [-0.25, -0.2) is 0 Å². The Balaban J connectivity index is 4.93. The van der Waals surface area contributed by atoms with Gasteiger partial charge >= 0.3 is 0 Å². The first-order valence-corrected chi connectivity index (χ1v) is 21.0. The molecule has 0 unspecified atom stereocenters. The van der Waals surface area contributed by atoms with E-state index in [1.54, 1.807) is 0 Å². The number of rotatable bonds is 31. The van der Waals surface area contributed by atoms with Crippen LogP contribution in [-0.4, -0.2) is 36.3 Å². The van der Waals surface area contributed by atoms with E-state index < -0.39 is 21.4 Å². The molecule has 0 amide bonds. The van der Waals surface area contributed by atoms with E-state index in [2.05, 4.69) is 27.7 Å². The maximum Gasteiger partial charge on any atom is -0.0326 e. The Morgan fingerprint density at radius 2 is 0.632 bits per heavy atom. The summed E-state index contributed by atoms with van der Waals surface area (Å²) < 4.78 is 0. The van der Waals surface area contributed by atoms with Crippen LogP contribution in [0.15, 0.2) is 0 Å². The van der Waals surface area contributed by atoms with E-state index >= 15 is 0 Å². The Kier molecular flexibility index (Phi) is 29.9. The smallest absolute Gasteiger partial charge is 0.0326 e. The molecule has 0 bridgehead atoms.